The molecule has 0 fully saturated rings. The van der Waals surface area contributed by atoms with Crippen LogP contribution in [0.4, 0.5) is 0 Å². The van der Waals surface area contributed by atoms with Gasteiger partial charge in [0.05, 0.1) is 6.10 Å². The van der Waals surface area contributed by atoms with Gasteiger partial charge in [0.25, 0.3) is 0 Å². The molecule has 0 aliphatic heterocycles. The van der Waals surface area contributed by atoms with E-state index >= 15 is 0 Å². The molecule has 2 atom stereocenters. The Morgan fingerprint density at radius 2 is 1.94 bits per heavy atom. The summed E-state index contributed by atoms with van der Waals surface area (Å²) in [5, 5.41) is 10.0. The van der Waals surface area contributed by atoms with Gasteiger partial charge in [0.1, 0.15) is 0 Å². The first-order valence-electron chi connectivity index (χ1n) is 6.36. The van der Waals surface area contributed by atoms with Gasteiger partial charge in [0.2, 0.25) is 0 Å². The smallest absolute Gasteiger partial charge is 0.0569 e. The fraction of sp³-hybridized carbons (Fsp3) is 0.600. The van der Waals surface area contributed by atoms with E-state index in [9.17, 15) is 5.11 Å². The van der Waals surface area contributed by atoms with E-state index in [0.29, 0.717) is 5.92 Å². The number of hydrogen-bond acceptors (Lipinski definition) is 2. The van der Waals surface area contributed by atoms with Crippen LogP contribution >= 0.6 is 0 Å². The first kappa shape index (κ1) is 14.2. The molecular formula is C15H24O2. The predicted octanol–water partition coefficient (Wildman–Crippen LogP) is 2.96. The van der Waals surface area contributed by atoms with Crippen LogP contribution < -0.4 is 0 Å². The number of ether oxygens (including phenoxy) is 1. The maximum Gasteiger partial charge on any atom is 0.0569 e. The highest BCUT2D eigenvalue weighted by molar-refractivity contribution is 5.25. The summed E-state index contributed by atoms with van der Waals surface area (Å²) < 4.78 is 5.03. The fourth-order valence-electron chi connectivity index (χ4n) is 1.97. The van der Waals surface area contributed by atoms with Crippen LogP contribution in [0.5, 0.6) is 0 Å². The molecule has 0 saturated heterocycles. The molecule has 2 nitrogen and oxygen atoms in total. The molecule has 0 spiro atoms. The summed E-state index contributed by atoms with van der Waals surface area (Å²) in [6.07, 6.45) is 2.47. The molecule has 2 heteroatoms. The number of methoxy groups -OCH3 is 1. The Hall–Kier alpha value is -0.860. The summed E-state index contributed by atoms with van der Waals surface area (Å²) in [5.41, 5.74) is 2.65. The summed E-state index contributed by atoms with van der Waals surface area (Å²) in [6.45, 7) is 4.93. The van der Waals surface area contributed by atoms with E-state index in [1.807, 2.05) is 0 Å². The van der Waals surface area contributed by atoms with E-state index in [2.05, 4.69) is 38.1 Å². The van der Waals surface area contributed by atoms with Crippen LogP contribution in [0.2, 0.25) is 0 Å². The lowest BCUT2D eigenvalue weighted by molar-refractivity contribution is 0.0822. The number of aliphatic hydroxyl groups is 1. The zero-order valence-corrected chi connectivity index (χ0v) is 11.1. The molecule has 0 bridgehead atoms. The predicted molar refractivity (Wildman–Crippen MR) is 71.2 cm³/mol. The first-order valence-corrected chi connectivity index (χ1v) is 6.36. The minimum atomic E-state index is -0.232. The molecular weight excluding hydrogens is 212 g/mol. The van der Waals surface area contributed by atoms with Crippen molar-refractivity contribution < 1.29 is 9.84 Å². The zero-order chi connectivity index (χ0) is 12.7. The van der Waals surface area contributed by atoms with Gasteiger partial charge >= 0.3 is 0 Å². The van der Waals surface area contributed by atoms with Crippen LogP contribution in [0.3, 0.4) is 0 Å². The minimum Gasteiger partial charge on any atom is -0.393 e. The van der Waals surface area contributed by atoms with Crippen molar-refractivity contribution in [2.75, 3.05) is 13.7 Å². The Morgan fingerprint density at radius 1 is 1.24 bits per heavy atom. The Kier molecular flexibility index (Phi) is 6.23. The number of rotatable bonds is 7. The SMILES string of the molecule is COCCC(C)C(O)CCc1ccccc1C. The highest BCUT2D eigenvalue weighted by Gasteiger charge is 2.14. The van der Waals surface area contributed by atoms with Gasteiger partial charge in [-0.1, -0.05) is 31.2 Å². The monoisotopic (exact) mass is 236 g/mol. The van der Waals surface area contributed by atoms with Crippen molar-refractivity contribution >= 4 is 0 Å². The van der Waals surface area contributed by atoms with Crippen molar-refractivity contribution in [2.24, 2.45) is 5.92 Å². The summed E-state index contributed by atoms with van der Waals surface area (Å²) in [4.78, 5) is 0. The quantitative estimate of drug-likeness (QED) is 0.788. The van der Waals surface area contributed by atoms with E-state index in [0.717, 1.165) is 25.9 Å². The van der Waals surface area contributed by atoms with Gasteiger partial charge in [-0.25, -0.2) is 0 Å². The first-order chi connectivity index (χ1) is 8.15. The van der Waals surface area contributed by atoms with Crippen LogP contribution in [0.25, 0.3) is 0 Å². The third-order valence-corrected chi connectivity index (χ3v) is 3.40. The third-order valence-electron chi connectivity index (χ3n) is 3.40. The Balaban J connectivity index is 2.37. The number of hydrogen-bond donors (Lipinski definition) is 1. The van der Waals surface area contributed by atoms with Gasteiger partial charge in [-0.2, -0.15) is 0 Å². The summed E-state index contributed by atoms with van der Waals surface area (Å²) in [5.74, 6) is 0.305. The number of aliphatic hydroxyl groups excluding tert-OH is 1. The van der Waals surface area contributed by atoms with Gasteiger partial charge in [-0.05, 0) is 43.2 Å². The average Bonchev–Trinajstić information content (AvgIpc) is 2.34. The van der Waals surface area contributed by atoms with Crippen LogP contribution in [0, 0.1) is 12.8 Å². The Morgan fingerprint density at radius 3 is 2.59 bits per heavy atom. The third kappa shape index (κ3) is 4.88. The Bertz CT molecular complexity index is 322. The van der Waals surface area contributed by atoms with E-state index in [1.54, 1.807) is 7.11 Å². The molecule has 0 aliphatic carbocycles. The normalized spacial score (nSPS) is 14.6. The lowest BCUT2D eigenvalue weighted by Gasteiger charge is -2.18. The fourth-order valence-corrected chi connectivity index (χ4v) is 1.97. The van der Waals surface area contributed by atoms with Crippen LogP contribution in [-0.2, 0) is 11.2 Å². The molecule has 0 aliphatic rings. The molecule has 0 heterocycles. The molecule has 17 heavy (non-hydrogen) atoms. The topological polar surface area (TPSA) is 29.5 Å². The van der Waals surface area contributed by atoms with Crippen molar-refractivity contribution in [3.05, 3.63) is 35.4 Å². The van der Waals surface area contributed by atoms with Crippen molar-refractivity contribution in [2.45, 2.75) is 39.2 Å². The molecule has 96 valence electrons. The second-order valence-corrected chi connectivity index (χ2v) is 4.79. The van der Waals surface area contributed by atoms with Crippen molar-refractivity contribution in [3.8, 4) is 0 Å². The standard InChI is InChI=1S/C15H24O2/c1-12-6-4-5-7-14(12)8-9-15(16)13(2)10-11-17-3/h4-7,13,15-16H,8-11H2,1-3H3. The van der Waals surface area contributed by atoms with E-state index in [1.165, 1.54) is 11.1 Å². The molecule has 2 unspecified atom stereocenters. The molecule has 0 amide bonds. The second kappa shape index (κ2) is 7.46. The van der Waals surface area contributed by atoms with Crippen molar-refractivity contribution in [1.82, 2.24) is 0 Å². The average molecular weight is 236 g/mol. The highest BCUT2D eigenvalue weighted by Crippen LogP contribution is 2.16. The van der Waals surface area contributed by atoms with Gasteiger partial charge in [-0.3, -0.25) is 0 Å². The van der Waals surface area contributed by atoms with E-state index in [-0.39, 0.29) is 6.10 Å². The summed E-state index contributed by atoms with van der Waals surface area (Å²) in [7, 11) is 1.70. The molecule has 1 aromatic rings. The van der Waals surface area contributed by atoms with Gasteiger partial charge in [0.15, 0.2) is 0 Å². The van der Waals surface area contributed by atoms with Gasteiger partial charge in [-0.15, -0.1) is 0 Å². The zero-order valence-electron chi connectivity index (χ0n) is 11.1. The van der Waals surface area contributed by atoms with Gasteiger partial charge < -0.3 is 9.84 Å². The number of benzene rings is 1. The van der Waals surface area contributed by atoms with Crippen molar-refractivity contribution in [3.63, 3.8) is 0 Å². The van der Waals surface area contributed by atoms with Crippen LogP contribution in [0.15, 0.2) is 24.3 Å². The lowest BCUT2D eigenvalue weighted by Crippen LogP contribution is -2.20. The summed E-state index contributed by atoms with van der Waals surface area (Å²) >= 11 is 0. The largest absolute Gasteiger partial charge is 0.393 e. The van der Waals surface area contributed by atoms with Gasteiger partial charge in [0, 0.05) is 13.7 Å². The number of aryl methyl sites for hydroxylation is 2. The van der Waals surface area contributed by atoms with E-state index < -0.39 is 0 Å². The van der Waals surface area contributed by atoms with Crippen LogP contribution in [-0.4, -0.2) is 24.9 Å². The lowest BCUT2D eigenvalue weighted by atomic mass is 9.94. The molecule has 1 N–H and O–H groups in total. The molecule has 0 radical (unpaired) electrons. The second-order valence-electron chi connectivity index (χ2n) is 4.79. The molecule has 0 aromatic heterocycles. The summed E-state index contributed by atoms with van der Waals surface area (Å²) in [6, 6.07) is 8.37. The highest BCUT2D eigenvalue weighted by atomic mass is 16.5. The molecule has 1 aromatic carbocycles. The minimum absolute atomic E-state index is 0.232. The molecule has 1 rings (SSSR count). The van der Waals surface area contributed by atoms with Crippen LogP contribution in [0.1, 0.15) is 30.9 Å². The maximum atomic E-state index is 10.0. The molecule has 0 saturated carbocycles. The Labute approximate surface area is 105 Å². The van der Waals surface area contributed by atoms with Crippen molar-refractivity contribution in [1.29, 1.82) is 0 Å². The maximum absolute atomic E-state index is 10.0. The van der Waals surface area contributed by atoms with E-state index in [4.69, 9.17) is 4.74 Å².